The van der Waals surface area contributed by atoms with Gasteiger partial charge in [-0.05, 0) is 11.0 Å². The van der Waals surface area contributed by atoms with Gasteiger partial charge in [-0.3, -0.25) is 4.90 Å². The van der Waals surface area contributed by atoms with Crippen LogP contribution in [0.5, 0.6) is 0 Å². The summed E-state index contributed by atoms with van der Waals surface area (Å²) in [7, 11) is 0. The number of nitrogens with two attached hydrogens (primary N) is 1. The highest BCUT2D eigenvalue weighted by atomic mass is 32.1. The van der Waals surface area contributed by atoms with Crippen LogP contribution in [0.25, 0.3) is 0 Å². The summed E-state index contributed by atoms with van der Waals surface area (Å²) < 4.78 is 0. The highest BCUT2D eigenvalue weighted by Gasteiger charge is 2.17. The van der Waals surface area contributed by atoms with Gasteiger partial charge in [0.2, 0.25) is 0 Å². The van der Waals surface area contributed by atoms with Gasteiger partial charge < -0.3 is 5.73 Å². The molecule has 0 saturated heterocycles. The molecular weight excluding hydrogens is 266 g/mol. The van der Waals surface area contributed by atoms with Crippen molar-refractivity contribution in [3.05, 3.63) is 47.0 Å². The monoisotopic (exact) mass is 289 g/mol. The van der Waals surface area contributed by atoms with E-state index in [1.54, 1.807) is 11.3 Å². The van der Waals surface area contributed by atoms with E-state index in [1.807, 2.05) is 6.20 Å². The molecule has 0 amide bonds. The molecule has 0 fully saturated rings. The van der Waals surface area contributed by atoms with Crippen LogP contribution in [0.1, 0.15) is 31.2 Å². The number of nitrogen functional groups attached to an aromatic ring is 1. The molecule has 1 heterocycles. The van der Waals surface area contributed by atoms with Crippen LogP contribution in [0.4, 0.5) is 5.13 Å². The van der Waals surface area contributed by atoms with Crippen LogP contribution in [0.2, 0.25) is 0 Å². The van der Waals surface area contributed by atoms with Gasteiger partial charge in [0, 0.05) is 30.7 Å². The lowest BCUT2D eigenvalue weighted by molar-refractivity contribution is 0.178. The third kappa shape index (κ3) is 4.94. The van der Waals surface area contributed by atoms with Crippen molar-refractivity contribution in [2.24, 2.45) is 5.41 Å². The maximum absolute atomic E-state index is 5.72. The Balaban J connectivity index is 2.08. The van der Waals surface area contributed by atoms with Crippen LogP contribution in [0.3, 0.4) is 0 Å². The molecule has 20 heavy (non-hydrogen) atoms. The fourth-order valence-electron chi connectivity index (χ4n) is 2.30. The predicted molar refractivity (Wildman–Crippen MR) is 86.5 cm³/mol. The molecule has 0 atom stereocenters. The Kier molecular flexibility index (Phi) is 4.78. The zero-order valence-corrected chi connectivity index (χ0v) is 13.3. The number of nitrogens with zero attached hydrogens (tertiary/aromatic N) is 2. The molecule has 0 aliphatic carbocycles. The molecule has 0 aliphatic rings. The lowest BCUT2D eigenvalue weighted by Crippen LogP contribution is -2.31. The molecule has 2 rings (SSSR count). The number of rotatable bonds is 5. The van der Waals surface area contributed by atoms with E-state index in [1.165, 1.54) is 10.4 Å². The van der Waals surface area contributed by atoms with Crippen molar-refractivity contribution in [3.8, 4) is 0 Å². The Morgan fingerprint density at radius 3 is 2.40 bits per heavy atom. The van der Waals surface area contributed by atoms with Gasteiger partial charge in [-0.2, -0.15) is 0 Å². The maximum atomic E-state index is 5.72. The summed E-state index contributed by atoms with van der Waals surface area (Å²) in [6, 6.07) is 10.6. The van der Waals surface area contributed by atoms with E-state index in [0.717, 1.165) is 19.6 Å². The lowest BCUT2D eigenvalue weighted by atomic mass is 9.95. The minimum atomic E-state index is 0.269. The fourth-order valence-corrected chi connectivity index (χ4v) is 3.02. The van der Waals surface area contributed by atoms with Gasteiger partial charge >= 0.3 is 0 Å². The second-order valence-electron chi connectivity index (χ2n) is 6.36. The van der Waals surface area contributed by atoms with Gasteiger partial charge in [0.05, 0.1) is 0 Å². The first-order valence-corrected chi connectivity index (χ1v) is 7.70. The van der Waals surface area contributed by atoms with Gasteiger partial charge in [0.25, 0.3) is 0 Å². The van der Waals surface area contributed by atoms with Crippen molar-refractivity contribution in [2.75, 3.05) is 12.3 Å². The van der Waals surface area contributed by atoms with Crippen LogP contribution in [-0.2, 0) is 13.1 Å². The van der Waals surface area contributed by atoms with Gasteiger partial charge in [-0.1, -0.05) is 51.1 Å². The first-order chi connectivity index (χ1) is 9.42. The number of aromatic nitrogens is 1. The lowest BCUT2D eigenvalue weighted by Gasteiger charge is -2.29. The van der Waals surface area contributed by atoms with E-state index in [4.69, 9.17) is 5.73 Å². The minimum absolute atomic E-state index is 0.269. The highest BCUT2D eigenvalue weighted by molar-refractivity contribution is 7.15. The molecule has 2 aromatic rings. The average molecular weight is 289 g/mol. The summed E-state index contributed by atoms with van der Waals surface area (Å²) in [6.45, 7) is 9.71. The van der Waals surface area contributed by atoms with Crippen LogP contribution in [0, 0.1) is 5.41 Å². The Hall–Kier alpha value is -1.39. The Morgan fingerprint density at radius 1 is 1.15 bits per heavy atom. The molecule has 2 N–H and O–H groups in total. The van der Waals surface area contributed by atoms with E-state index < -0.39 is 0 Å². The van der Waals surface area contributed by atoms with E-state index in [0.29, 0.717) is 5.13 Å². The predicted octanol–water partition coefficient (Wildman–Crippen LogP) is 3.77. The van der Waals surface area contributed by atoms with Gasteiger partial charge in [-0.15, -0.1) is 11.3 Å². The summed E-state index contributed by atoms with van der Waals surface area (Å²) in [5, 5.41) is 0.649. The topological polar surface area (TPSA) is 42.2 Å². The zero-order chi connectivity index (χ0) is 14.6. The quantitative estimate of drug-likeness (QED) is 0.911. The molecule has 4 heteroatoms. The first kappa shape index (κ1) is 15.0. The molecule has 0 unspecified atom stereocenters. The number of thiazole rings is 1. The third-order valence-corrected chi connectivity index (χ3v) is 3.71. The summed E-state index contributed by atoms with van der Waals surface area (Å²) in [6.07, 6.45) is 1.89. The molecule has 3 nitrogen and oxygen atoms in total. The summed E-state index contributed by atoms with van der Waals surface area (Å²) in [4.78, 5) is 7.83. The number of anilines is 1. The van der Waals surface area contributed by atoms with Crippen molar-refractivity contribution < 1.29 is 0 Å². The molecule has 0 saturated carbocycles. The number of hydrogen-bond donors (Lipinski definition) is 1. The van der Waals surface area contributed by atoms with E-state index in [2.05, 4.69) is 61.0 Å². The van der Waals surface area contributed by atoms with E-state index in [9.17, 15) is 0 Å². The number of benzene rings is 1. The van der Waals surface area contributed by atoms with E-state index in [-0.39, 0.29) is 5.41 Å². The zero-order valence-electron chi connectivity index (χ0n) is 12.5. The van der Waals surface area contributed by atoms with Gasteiger partial charge in [0.15, 0.2) is 5.13 Å². The van der Waals surface area contributed by atoms with Crippen LogP contribution in [0.15, 0.2) is 36.5 Å². The first-order valence-electron chi connectivity index (χ1n) is 6.89. The normalized spacial score (nSPS) is 12.0. The van der Waals surface area contributed by atoms with Crippen molar-refractivity contribution >= 4 is 16.5 Å². The average Bonchev–Trinajstić information content (AvgIpc) is 2.74. The second-order valence-corrected chi connectivity index (χ2v) is 7.50. The number of hydrogen-bond acceptors (Lipinski definition) is 4. The molecule has 0 spiro atoms. The molecule has 108 valence electrons. The highest BCUT2D eigenvalue weighted by Crippen LogP contribution is 2.22. The van der Waals surface area contributed by atoms with Crippen molar-refractivity contribution in [3.63, 3.8) is 0 Å². The molecule has 0 radical (unpaired) electrons. The molecule has 1 aromatic carbocycles. The molecule has 0 bridgehead atoms. The Bertz CT molecular complexity index is 528. The Morgan fingerprint density at radius 2 is 1.85 bits per heavy atom. The van der Waals surface area contributed by atoms with Crippen LogP contribution in [-0.4, -0.2) is 16.4 Å². The molecular formula is C16H23N3S. The Labute approximate surface area is 125 Å². The largest absolute Gasteiger partial charge is 0.375 e. The third-order valence-electron chi connectivity index (χ3n) is 2.90. The minimum Gasteiger partial charge on any atom is -0.375 e. The second kappa shape index (κ2) is 6.37. The van der Waals surface area contributed by atoms with E-state index >= 15 is 0 Å². The molecule has 1 aromatic heterocycles. The van der Waals surface area contributed by atoms with Crippen molar-refractivity contribution in [1.29, 1.82) is 0 Å². The van der Waals surface area contributed by atoms with Gasteiger partial charge in [0.1, 0.15) is 0 Å². The van der Waals surface area contributed by atoms with Crippen molar-refractivity contribution in [1.82, 2.24) is 9.88 Å². The van der Waals surface area contributed by atoms with Gasteiger partial charge in [-0.25, -0.2) is 4.98 Å². The van der Waals surface area contributed by atoms with Crippen LogP contribution < -0.4 is 5.73 Å². The maximum Gasteiger partial charge on any atom is 0.180 e. The van der Waals surface area contributed by atoms with Crippen LogP contribution >= 0.6 is 11.3 Å². The summed E-state index contributed by atoms with van der Waals surface area (Å²) in [5.74, 6) is 0. The summed E-state index contributed by atoms with van der Waals surface area (Å²) in [5.41, 5.74) is 7.33. The SMILES string of the molecule is CC(C)(C)CN(Cc1ccccc1)Cc1cnc(N)s1. The van der Waals surface area contributed by atoms with Crippen molar-refractivity contribution in [2.45, 2.75) is 33.9 Å². The standard InChI is InChI=1S/C16H23N3S/c1-16(2,3)12-19(10-13-7-5-4-6-8-13)11-14-9-18-15(17)20-14/h4-9H,10-12H2,1-3H3,(H2,17,18). The fraction of sp³-hybridized carbons (Fsp3) is 0.438. The molecule has 0 aliphatic heterocycles. The smallest absolute Gasteiger partial charge is 0.180 e. The summed E-state index contributed by atoms with van der Waals surface area (Å²) >= 11 is 1.58.